The molecule has 4 nitrogen and oxygen atoms in total. The number of nitrogens with zero attached hydrogens (tertiary/aromatic N) is 2. The van der Waals surface area contributed by atoms with Gasteiger partial charge < -0.3 is 10.1 Å². The smallest absolute Gasteiger partial charge is 0.149 e. The molecular weight excluding hydrogens is 374 g/mol. The summed E-state index contributed by atoms with van der Waals surface area (Å²) < 4.78 is 5.86. The molecular formula is C14H17BrClN3OS. The van der Waals surface area contributed by atoms with Crippen LogP contribution >= 0.6 is 38.9 Å². The lowest BCUT2D eigenvalue weighted by molar-refractivity contribution is 0.199. The van der Waals surface area contributed by atoms with E-state index in [2.05, 4.69) is 31.4 Å². The van der Waals surface area contributed by atoms with Crippen LogP contribution in [0.4, 0.5) is 0 Å². The van der Waals surface area contributed by atoms with Crippen molar-refractivity contribution in [2.45, 2.75) is 12.8 Å². The number of halogens is 2. The highest BCUT2D eigenvalue weighted by Gasteiger charge is 2.11. The Balaban J connectivity index is 1.88. The SMILES string of the molecule is COCCNCCCc1nnc(-c2cccc(Br)c2Cl)s1. The lowest BCUT2D eigenvalue weighted by Gasteiger charge is -2.02. The molecule has 2 aromatic rings. The minimum absolute atomic E-state index is 0.682. The molecule has 2 rings (SSSR count). The Bertz CT molecular complexity index is 579. The van der Waals surface area contributed by atoms with Crippen molar-refractivity contribution in [1.29, 1.82) is 0 Å². The third-order valence-electron chi connectivity index (χ3n) is 2.88. The molecule has 1 aromatic carbocycles. The molecule has 0 radical (unpaired) electrons. The van der Waals surface area contributed by atoms with Gasteiger partial charge in [0.1, 0.15) is 10.0 Å². The van der Waals surface area contributed by atoms with Crippen LogP contribution in [0.25, 0.3) is 10.6 Å². The number of hydrogen-bond donors (Lipinski definition) is 1. The van der Waals surface area contributed by atoms with Crippen LogP contribution in [-0.2, 0) is 11.2 Å². The van der Waals surface area contributed by atoms with E-state index in [-0.39, 0.29) is 0 Å². The van der Waals surface area contributed by atoms with Crippen molar-refractivity contribution in [3.63, 3.8) is 0 Å². The number of rotatable bonds is 8. The lowest BCUT2D eigenvalue weighted by Crippen LogP contribution is -2.20. The first-order valence-electron chi connectivity index (χ1n) is 6.69. The first-order chi connectivity index (χ1) is 10.2. The van der Waals surface area contributed by atoms with E-state index >= 15 is 0 Å². The van der Waals surface area contributed by atoms with Gasteiger partial charge in [-0.1, -0.05) is 35.1 Å². The van der Waals surface area contributed by atoms with Crippen LogP contribution in [0, 0.1) is 0 Å². The fraction of sp³-hybridized carbons (Fsp3) is 0.429. The lowest BCUT2D eigenvalue weighted by atomic mass is 10.2. The summed E-state index contributed by atoms with van der Waals surface area (Å²) in [5, 5.41) is 14.4. The highest BCUT2D eigenvalue weighted by atomic mass is 79.9. The maximum absolute atomic E-state index is 6.28. The molecule has 0 saturated carbocycles. The molecule has 21 heavy (non-hydrogen) atoms. The predicted molar refractivity (Wildman–Crippen MR) is 91.1 cm³/mol. The molecule has 0 bridgehead atoms. The van der Waals surface area contributed by atoms with Crippen LogP contribution in [-0.4, -0.2) is 37.0 Å². The molecule has 114 valence electrons. The third kappa shape index (κ3) is 5.00. The Morgan fingerprint density at radius 3 is 3.00 bits per heavy atom. The van der Waals surface area contributed by atoms with Gasteiger partial charge in [0.2, 0.25) is 0 Å². The first kappa shape index (κ1) is 16.8. The number of aryl methyl sites for hydroxylation is 1. The van der Waals surface area contributed by atoms with Gasteiger partial charge in [-0.25, -0.2) is 0 Å². The van der Waals surface area contributed by atoms with E-state index in [1.807, 2.05) is 18.2 Å². The minimum Gasteiger partial charge on any atom is -0.383 e. The molecule has 0 unspecified atom stereocenters. The summed E-state index contributed by atoms with van der Waals surface area (Å²) in [7, 11) is 1.71. The first-order valence-corrected chi connectivity index (χ1v) is 8.67. The summed E-state index contributed by atoms with van der Waals surface area (Å²) in [4.78, 5) is 0. The Labute approximate surface area is 142 Å². The summed E-state index contributed by atoms with van der Waals surface area (Å²) in [6.45, 7) is 2.58. The maximum atomic E-state index is 6.28. The second-order valence-corrected chi connectivity index (χ2v) is 6.74. The van der Waals surface area contributed by atoms with E-state index in [9.17, 15) is 0 Å². The number of nitrogens with one attached hydrogen (secondary N) is 1. The molecule has 0 spiro atoms. The van der Waals surface area contributed by atoms with Gasteiger partial charge in [0.05, 0.1) is 11.6 Å². The molecule has 7 heteroatoms. The van der Waals surface area contributed by atoms with E-state index in [1.54, 1.807) is 18.4 Å². The minimum atomic E-state index is 0.682. The van der Waals surface area contributed by atoms with Gasteiger partial charge in [-0.2, -0.15) is 0 Å². The fourth-order valence-electron chi connectivity index (χ4n) is 1.80. The van der Waals surface area contributed by atoms with Gasteiger partial charge in [-0.05, 0) is 35.0 Å². The summed E-state index contributed by atoms with van der Waals surface area (Å²) in [5.74, 6) is 0. The monoisotopic (exact) mass is 389 g/mol. The Kier molecular flexibility index (Phi) is 7.06. The third-order valence-corrected chi connectivity index (χ3v) is 5.19. The van der Waals surface area contributed by atoms with Crippen LogP contribution in [0.3, 0.4) is 0 Å². The number of benzene rings is 1. The van der Waals surface area contributed by atoms with Gasteiger partial charge in [0.25, 0.3) is 0 Å². The van der Waals surface area contributed by atoms with E-state index in [0.717, 1.165) is 52.6 Å². The molecule has 0 aliphatic rings. The van der Waals surface area contributed by atoms with Crippen LogP contribution in [0.5, 0.6) is 0 Å². The van der Waals surface area contributed by atoms with Crippen LogP contribution in [0.1, 0.15) is 11.4 Å². The highest BCUT2D eigenvalue weighted by Crippen LogP contribution is 2.35. The fourth-order valence-corrected chi connectivity index (χ4v) is 3.35. The Hall–Kier alpha value is -0.530. The van der Waals surface area contributed by atoms with Crippen molar-refractivity contribution in [2.75, 3.05) is 26.8 Å². The molecule has 1 N–H and O–H groups in total. The molecule has 0 atom stereocenters. The molecule has 0 aliphatic heterocycles. The van der Waals surface area contributed by atoms with Gasteiger partial charge in [-0.15, -0.1) is 10.2 Å². The highest BCUT2D eigenvalue weighted by molar-refractivity contribution is 9.10. The van der Waals surface area contributed by atoms with Crippen LogP contribution < -0.4 is 5.32 Å². The molecule has 0 fully saturated rings. The normalized spacial score (nSPS) is 11.0. The van der Waals surface area contributed by atoms with E-state index in [1.165, 1.54) is 0 Å². The van der Waals surface area contributed by atoms with Gasteiger partial charge in [-0.3, -0.25) is 0 Å². The standard InChI is InChI=1S/C14H17BrClN3OS/c1-20-9-8-17-7-3-6-12-18-19-14(21-12)10-4-2-5-11(15)13(10)16/h2,4-5,17H,3,6-9H2,1H3. The summed E-state index contributed by atoms with van der Waals surface area (Å²) in [6, 6.07) is 5.83. The zero-order valence-electron chi connectivity index (χ0n) is 11.7. The molecule has 1 heterocycles. The summed E-state index contributed by atoms with van der Waals surface area (Å²) in [6.07, 6.45) is 1.95. The predicted octanol–water partition coefficient (Wildman–Crippen LogP) is 3.79. The van der Waals surface area contributed by atoms with E-state index in [0.29, 0.717) is 5.02 Å². The van der Waals surface area contributed by atoms with E-state index < -0.39 is 0 Å². The number of hydrogen-bond acceptors (Lipinski definition) is 5. The van der Waals surface area contributed by atoms with Crippen LogP contribution in [0.2, 0.25) is 5.02 Å². The molecule has 0 saturated heterocycles. The summed E-state index contributed by atoms with van der Waals surface area (Å²) in [5.41, 5.74) is 0.924. The van der Waals surface area contributed by atoms with Crippen molar-refractivity contribution in [3.05, 3.63) is 32.7 Å². The van der Waals surface area contributed by atoms with Crippen molar-refractivity contribution in [2.24, 2.45) is 0 Å². The average Bonchev–Trinajstić information content (AvgIpc) is 2.94. The van der Waals surface area contributed by atoms with Crippen molar-refractivity contribution in [1.82, 2.24) is 15.5 Å². The Morgan fingerprint density at radius 2 is 2.19 bits per heavy atom. The molecule has 0 amide bonds. The summed E-state index contributed by atoms with van der Waals surface area (Å²) >= 11 is 11.3. The number of methoxy groups -OCH3 is 1. The van der Waals surface area contributed by atoms with Crippen molar-refractivity contribution in [3.8, 4) is 10.6 Å². The average molecular weight is 391 g/mol. The van der Waals surface area contributed by atoms with Crippen molar-refractivity contribution < 1.29 is 4.74 Å². The second kappa shape index (κ2) is 8.80. The molecule has 0 aliphatic carbocycles. The Morgan fingerprint density at radius 1 is 1.33 bits per heavy atom. The zero-order chi connectivity index (χ0) is 15.1. The van der Waals surface area contributed by atoms with Gasteiger partial charge in [0.15, 0.2) is 0 Å². The zero-order valence-corrected chi connectivity index (χ0v) is 14.9. The maximum Gasteiger partial charge on any atom is 0.149 e. The van der Waals surface area contributed by atoms with Gasteiger partial charge in [0, 0.05) is 30.1 Å². The van der Waals surface area contributed by atoms with E-state index in [4.69, 9.17) is 16.3 Å². The second-order valence-electron chi connectivity index (χ2n) is 4.45. The van der Waals surface area contributed by atoms with Gasteiger partial charge >= 0.3 is 0 Å². The van der Waals surface area contributed by atoms with Crippen molar-refractivity contribution >= 4 is 38.9 Å². The largest absolute Gasteiger partial charge is 0.383 e. The molecule has 1 aromatic heterocycles. The quantitative estimate of drug-likeness (QED) is 0.697. The van der Waals surface area contributed by atoms with Crippen LogP contribution in [0.15, 0.2) is 22.7 Å². The number of aromatic nitrogens is 2. The topological polar surface area (TPSA) is 47.0 Å². The number of ether oxygens (including phenoxy) is 1.